The Bertz CT molecular complexity index is 155. The van der Waals surface area contributed by atoms with Crippen molar-refractivity contribution in [3.8, 4) is 0 Å². The monoisotopic (exact) mass is 206 g/mol. The molecular weight excluding hydrogens is 188 g/mol. The fourth-order valence-corrected chi connectivity index (χ4v) is 1.12. The number of hydrogen-bond donors (Lipinski definition) is 3. The van der Waals surface area contributed by atoms with E-state index in [1.807, 2.05) is 0 Å². The lowest BCUT2D eigenvalue weighted by Gasteiger charge is -2.10. The topological polar surface area (TPSA) is 75.3 Å². The average Bonchev–Trinajstić information content (AvgIpc) is 2.11. The SMILES string of the molecule is CSC(C)CCNCC(N)C(=O)O. The van der Waals surface area contributed by atoms with E-state index in [0.29, 0.717) is 11.8 Å². The highest BCUT2D eigenvalue weighted by Gasteiger charge is 2.09. The molecular formula is C8H18N2O2S. The van der Waals surface area contributed by atoms with Gasteiger partial charge in [-0.1, -0.05) is 6.92 Å². The number of carboxylic acid groups (broad SMARTS) is 1. The standard InChI is InChI=1S/C8H18N2O2S/c1-6(13-2)3-4-10-5-7(9)8(11)12/h6-7,10H,3-5,9H2,1-2H3,(H,11,12). The molecule has 0 aliphatic rings. The third kappa shape index (κ3) is 6.86. The van der Waals surface area contributed by atoms with E-state index in [-0.39, 0.29) is 0 Å². The van der Waals surface area contributed by atoms with E-state index < -0.39 is 12.0 Å². The second-order valence-electron chi connectivity index (χ2n) is 2.98. The number of rotatable bonds is 7. The van der Waals surface area contributed by atoms with Crippen LogP contribution in [0.2, 0.25) is 0 Å². The molecule has 0 radical (unpaired) electrons. The quantitative estimate of drug-likeness (QED) is 0.516. The summed E-state index contributed by atoms with van der Waals surface area (Å²) in [5, 5.41) is 12.1. The Labute approximate surface area is 83.3 Å². The molecule has 0 aliphatic heterocycles. The molecule has 5 heteroatoms. The molecule has 0 aromatic carbocycles. The molecule has 0 fully saturated rings. The minimum atomic E-state index is -0.953. The molecule has 78 valence electrons. The summed E-state index contributed by atoms with van der Waals surface area (Å²) >= 11 is 1.80. The van der Waals surface area contributed by atoms with Gasteiger partial charge in [0.25, 0.3) is 0 Å². The van der Waals surface area contributed by atoms with Crippen molar-refractivity contribution in [1.29, 1.82) is 0 Å². The van der Waals surface area contributed by atoms with E-state index in [2.05, 4.69) is 18.5 Å². The lowest BCUT2D eigenvalue weighted by molar-refractivity contribution is -0.138. The molecule has 0 bridgehead atoms. The van der Waals surface area contributed by atoms with Gasteiger partial charge in [-0.3, -0.25) is 4.79 Å². The third-order valence-electron chi connectivity index (χ3n) is 1.81. The van der Waals surface area contributed by atoms with Gasteiger partial charge in [-0.05, 0) is 19.2 Å². The summed E-state index contributed by atoms with van der Waals surface area (Å²) in [4.78, 5) is 10.3. The van der Waals surface area contributed by atoms with E-state index in [0.717, 1.165) is 13.0 Å². The van der Waals surface area contributed by atoms with Crippen molar-refractivity contribution < 1.29 is 9.90 Å². The fraction of sp³-hybridized carbons (Fsp3) is 0.875. The molecule has 0 aromatic heterocycles. The first-order valence-corrected chi connectivity index (χ1v) is 5.58. The van der Waals surface area contributed by atoms with Gasteiger partial charge in [0.1, 0.15) is 6.04 Å². The molecule has 4 nitrogen and oxygen atoms in total. The van der Waals surface area contributed by atoms with Crippen molar-refractivity contribution >= 4 is 17.7 Å². The predicted molar refractivity (Wildman–Crippen MR) is 56.1 cm³/mol. The Morgan fingerprint density at radius 3 is 2.77 bits per heavy atom. The zero-order valence-electron chi connectivity index (χ0n) is 8.12. The molecule has 13 heavy (non-hydrogen) atoms. The Kier molecular flexibility index (Phi) is 7.03. The molecule has 4 N–H and O–H groups in total. The van der Waals surface area contributed by atoms with E-state index in [1.165, 1.54) is 0 Å². The van der Waals surface area contributed by atoms with E-state index in [1.54, 1.807) is 11.8 Å². The Morgan fingerprint density at radius 1 is 1.69 bits per heavy atom. The number of thioether (sulfide) groups is 1. The van der Waals surface area contributed by atoms with Crippen molar-refractivity contribution in [2.75, 3.05) is 19.3 Å². The minimum Gasteiger partial charge on any atom is -0.480 e. The van der Waals surface area contributed by atoms with Gasteiger partial charge in [-0.15, -0.1) is 0 Å². The lowest BCUT2D eigenvalue weighted by Crippen LogP contribution is -2.40. The molecule has 0 rings (SSSR count). The van der Waals surface area contributed by atoms with Crippen LogP contribution in [0, 0.1) is 0 Å². The normalized spacial score (nSPS) is 15.3. The van der Waals surface area contributed by atoms with Crippen LogP contribution in [-0.4, -0.2) is 41.7 Å². The number of hydrogen-bond acceptors (Lipinski definition) is 4. The van der Waals surface area contributed by atoms with Crippen molar-refractivity contribution in [1.82, 2.24) is 5.32 Å². The number of carboxylic acids is 1. The van der Waals surface area contributed by atoms with Gasteiger partial charge in [0, 0.05) is 11.8 Å². The molecule has 0 saturated heterocycles. The van der Waals surface area contributed by atoms with Gasteiger partial charge in [0.05, 0.1) is 0 Å². The lowest BCUT2D eigenvalue weighted by atomic mass is 10.3. The van der Waals surface area contributed by atoms with Crippen molar-refractivity contribution in [2.24, 2.45) is 5.73 Å². The van der Waals surface area contributed by atoms with Gasteiger partial charge < -0.3 is 16.2 Å². The first kappa shape index (κ1) is 12.7. The van der Waals surface area contributed by atoms with Crippen LogP contribution >= 0.6 is 11.8 Å². The Balaban J connectivity index is 3.30. The van der Waals surface area contributed by atoms with Crippen molar-refractivity contribution in [3.63, 3.8) is 0 Å². The molecule has 0 aliphatic carbocycles. The van der Waals surface area contributed by atoms with E-state index >= 15 is 0 Å². The van der Waals surface area contributed by atoms with Gasteiger partial charge in [-0.2, -0.15) is 11.8 Å². The minimum absolute atomic E-state index is 0.344. The maximum Gasteiger partial charge on any atom is 0.321 e. The van der Waals surface area contributed by atoms with Gasteiger partial charge in [-0.25, -0.2) is 0 Å². The van der Waals surface area contributed by atoms with Crippen LogP contribution in [0.25, 0.3) is 0 Å². The number of nitrogens with two attached hydrogens (primary N) is 1. The smallest absolute Gasteiger partial charge is 0.321 e. The summed E-state index contributed by atoms with van der Waals surface area (Å²) in [6, 6.07) is -0.787. The summed E-state index contributed by atoms with van der Waals surface area (Å²) in [6.45, 7) is 3.31. The van der Waals surface area contributed by atoms with Gasteiger partial charge in [0.2, 0.25) is 0 Å². The predicted octanol–water partition coefficient (Wildman–Crippen LogP) is 0.130. The summed E-state index contributed by atoms with van der Waals surface area (Å²) in [5.41, 5.74) is 5.30. The van der Waals surface area contributed by atoms with Crippen LogP contribution in [-0.2, 0) is 4.79 Å². The summed E-state index contributed by atoms with van der Waals surface area (Å²) in [7, 11) is 0. The van der Waals surface area contributed by atoms with E-state index in [9.17, 15) is 4.79 Å². The zero-order chi connectivity index (χ0) is 10.3. The number of carbonyl (C=O) groups is 1. The summed E-state index contributed by atoms with van der Waals surface area (Å²) in [5.74, 6) is -0.953. The van der Waals surface area contributed by atoms with Gasteiger partial charge in [0.15, 0.2) is 0 Å². The van der Waals surface area contributed by atoms with Crippen LogP contribution < -0.4 is 11.1 Å². The zero-order valence-corrected chi connectivity index (χ0v) is 8.93. The van der Waals surface area contributed by atoms with E-state index in [4.69, 9.17) is 10.8 Å². The largest absolute Gasteiger partial charge is 0.480 e. The molecule has 0 heterocycles. The summed E-state index contributed by atoms with van der Waals surface area (Å²) in [6.07, 6.45) is 3.10. The third-order valence-corrected chi connectivity index (χ3v) is 2.85. The maximum absolute atomic E-state index is 10.3. The highest BCUT2D eigenvalue weighted by Crippen LogP contribution is 2.07. The van der Waals surface area contributed by atoms with Gasteiger partial charge >= 0.3 is 5.97 Å². The second-order valence-corrected chi connectivity index (χ2v) is 4.26. The van der Waals surface area contributed by atoms with Crippen LogP contribution in [0.3, 0.4) is 0 Å². The molecule has 0 saturated carbocycles. The van der Waals surface area contributed by atoms with Crippen LogP contribution in [0.15, 0.2) is 0 Å². The second kappa shape index (κ2) is 7.17. The maximum atomic E-state index is 10.3. The van der Waals surface area contributed by atoms with Crippen LogP contribution in [0.5, 0.6) is 0 Å². The molecule has 2 unspecified atom stereocenters. The Morgan fingerprint density at radius 2 is 2.31 bits per heavy atom. The summed E-state index contributed by atoms with van der Waals surface area (Å²) < 4.78 is 0. The van der Waals surface area contributed by atoms with Crippen molar-refractivity contribution in [3.05, 3.63) is 0 Å². The molecule has 0 spiro atoms. The Hall–Kier alpha value is -0.260. The average molecular weight is 206 g/mol. The molecule has 0 amide bonds. The highest BCUT2D eigenvalue weighted by atomic mass is 32.2. The fourth-order valence-electron chi connectivity index (χ4n) is 0.768. The number of nitrogens with one attached hydrogen (secondary N) is 1. The molecule has 0 aromatic rings. The van der Waals surface area contributed by atoms with Crippen LogP contribution in [0.4, 0.5) is 0 Å². The van der Waals surface area contributed by atoms with Crippen LogP contribution in [0.1, 0.15) is 13.3 Å². The number of aliphatic carboxylic acids is 1. The van der Waals surface area contributed by atoms with Crippen molar-refractivity contribution in [2.45, 2.75) is 24.6 Å². The first-order valence-electron chi connectivity index (χ1n) is 4.29. The highest BCUT2D eigenvalue weighted by molar-refractivity contribution is 7.99. The first-order chi connectivity index (χ1) is 6.07. The molecule has 2 atom stereocenters.